The van der Waals surface area contributed by atoms with E-state index in [1.165, 1.54) is 23.1 Å². The van der Waals surface area contributed by atoms with E-state index in [0.717, 1.165) is 21.6 Å². The Balaban J connectivity index is 2.04. The van der Waals surface area contributed by atoms with Gasteiger partial charge in [-0.3, -0.25) is 4.79 Å². The first-order chi connectivity index (χ1) is 11.4. The van der Waals surface area contributed by atoms with Gasteiger partial charge in [-0.1, -0.05) is 34.7 Å². The molecule has 130 valence electrons. The van der Waals surface area contributed by atoms with E-state index >= 15 is 0 Å². The smallest absolute Gasteiger partial charge is 0.237 e. The van der Waals surface area contributed by atoms with Gasteiger partial charge in [-0.25, -0.2) is 0 Å². The number of thioether (sulfide) groups is 1. The molecule has 0 saturated heterocycles. The van der Waals surface area contributed by atoms with Crippen LogP contribution < -0.4 is 15.4 Å². The van der Waals surface area contributed by atoms with Crippen molar-refractivity contribution in [2.45, 2.75) is 30.4 Å². The largest absolute Gasteiger partial charge is 0.495 e. The molecule has 0 aliphatic carbocycles. The van der Waals surface area contributed by atoms with Crippen molar-refractivity contribution < 1.29 is 9.53 Å². The van der Waals surface area contributed by atoms with Crippen molar-refractivity contribution in [3.05, 3.63) is 22.7 Å². The predicted octanol–water partition coefficient (Wildman–Crippen LogP) is 4.06. The zero-order valence-corrected chi connectivity index (χ0v) is 16.2. The summed E-state index contributed by atoms with van der Waals surface area (Å²) in [5.41, 5.74) is 1.47. The number of halogens is 1. The summed E-state index contributed by atoms with van der Waals surface area (Å²) in [5.74, 6) is 0.390. The highest BCUT2D eigenvalue weighted by Crippen LogP contribution is 2.33. The highest BCUT2D eigenvalue weighted by Gasteiger charge is 2.19. The fraction of sp³-hybridized carbons (Fsp3) is 0.400. The summed E-state index contributed by atoms with van der Waals surface area (Å²) in [4.78, 5) is 12.4. The lowest BCUT2D eigenvalue weighted by atomic mass is 10.2. The maximum absolute atomic E-state index is 12.4. The monoisotopic (exact) mass is 386 g/mol. The Kier molecular flexibility index (Phi) is 6.70. The number of nitrogens with zero attached hydrogens (tertiary/aromatic N) is 2. The van der Waals surface area contributed by atoms with Gasteiger partial charge >= 0.3 is 0 Å². The second-order valence-corrected chi connectivity index (χ2v) is 7.93. The molecule has 9 heteroatoms. The lowest BCUT2D eigenvalue weighted by Gasteiger charge is -2.14. The highest BCUT2D eigenvalue weighted by atomic mass is 35.5. The first kappa shape index (κ1) is 18.8. The molecular formula is C15H19ClN4O2S2. The Labute approximate surface area is 154 Å². The molecule has 0 bridgehead atoms. The Bertz CT molecular complexity index is 723. The van der Waals surface area contributed by atoms with Crippen LogP contribution in [0.15, 0.2) is 16.5 Å². The zero-order valence-electron chi connectivity index (χ0n) is 13.8. The molecule has 2 rings (SSSR count). The molecular weight excluding hydrogens is 368 g/mol. The van der Waals surface area contributed by atoms with Crippen LogP contribution in [-0.4, -0.2) is 35.0 Å². The van der Waals surface area contributed by atoms with E-state index in [0.29, 0.717) is 16.5 Å². The molecule has 1 unspecified atom stereocenters. The molecule has 1 atom stereocenters. The third kappa shape index (κ3) is 4.75. The number of methoxy groups -OCH3 is 1. The van der Waals surface area contributed by atoms with Crippen LogP contribution in [-0.2, 0) is 4.79 Å². The van der Waals surface area contributed by atoms with Gasteiger partial charge in [0.25, 0.3) is 0 Å². The molecule has 2 N–H and O–H groups in total. The van der Waals surface area contributed by atoms with Crippen molar-refractivity contribution in [3.8, 4) is 5.75 Å². The van der Waals surface area contributed by atoms with Gasteiger partial charge in [0.2, 0.25) is 11.0 Å². The van der Waals surface area contributed by atoms with Crippen molar-refractivity contribution in [3.63, 3.8) is 0 Å². The fourth-order valence-corrected chi connectivity index (χ4v) is 3.97. The topological polar surface area (TPSA) is 76.1 Å². The normalized spacial score (nSPS) is 11.9. The van der Waals surface area contributed by atoms with Gasteiger partial charge in [0.05, 0.1) is 18.0 Å². The van der Waals surface area contributed by atoms with Crippen LogP contribution in [0.3, 0.4) is 0 Å². The quantitative estimate of drug-likeness (QED) is 0.699. The fourth-order valence-electron chi connectivity index (χ4n) is 1.85. The number of amides is 1. The maximum atomic E-state index is 12.4. The summed E-state index contributed by atoms with van der Waals surface area (Å²) in [7, 11) is 1.54. The Hall–Kier alpha value is -1.51. The predicted molar refractivity (Wildman–Crippen MR) is 101 cm³/mol. The van der Waals surface area contributed by atoms with Crippen LogP contribution in [0.4, 0.5) is 10.8 Å². The first-order valence-corrected chi connectivity index (χ1v) is 9.41. The number of hydrogen-bond donors (Lipinski definition) is 2. The van der Waals surface area contributed by atoms with Gasteiger partial charge in [-0.15, -0.1) is 10.2 Å². The van der Waals surface area contributed by atoms with Gasteiger partial charge < -0.3 is 15.4 Å². The number of carbonyl (C=O) groups is 1. The van der Waals surface area contributed by atoms with E-state index in [1.54, 1.807) is 19.2 Å². The van der Waals surface area contributed by atoms with Crippen molar-refractivity contribution in [2.75, 3.05) is 24.3 Å². The summed E-state index contributed by atoms with van der Waals surface area (Å²) < 4.78 is 6.02. The van der Waals surface area contributed by atoms with Crippen LogP contribution in [0.2, 0.25) is 5.02 Å². The molecule has 2 aromatic rings. The van der Waals surface area contributed by atoms with Crippen LogP contribution in [0, 0.1) is 6.92 Å². The number of benzene rings is 1. The van der Waals surface area contributed by atoms with E-state index < -0.39 is 0 Å². The first-order valence-electron chi connectivity index (χ1n) is 7.33. The molecule has 0 radical (unpaired) electrons. The lowest BCUT2D eigenvalue weighted by Crippen LogP contribution is -2.22. The van der Waals surface area contributed by atoms with Crippen LogP contribution >= 0.6 is 34.7 Å². The molecule has 0 spiro atoms. The number of hydrogen-bond acceptors (Lipinski definition) is 7. The number of aryl methyl sites for hydroxylation is 1. The standard InChI is InChI=1S/C15H19ClN4O2S2/c1-5-17-14-19-20-15(24-14)23-9(3)13(21)18-11-6-8(2)10(16)7-12(11)22-4/h6-7,9H,5H2,1-4H3,(H,17,19)(H,18,21). The number of nitrogens with one attached hydrogen (secondary N) is 2. The number of carbonyl (C=O) groups excluding carboxylic acids is 1. The van der Waals surface area contributed by atoms with E-state index in [1.807, 2.05) is 20.8 Å². The van der Waals surface area contributed by atoms with E-state index in [-0.39, 0.29) is 11.2 Å². The molecule has 0 aliphatic rings. The van der Waals surface area contributed by atoms with Gasteiger partial charge in [-0.2, -0.15) is 0 Å². The molecule has 1 aromatic heterocycles. The van der Waals surface area contributed by atoms with Crippen molar-refractivity contribution >= 4 is 51.4 Å². The molecule has 6 nitrogen and oxygen atoms in total. The average Bonchev–Trinajstić information content (AvgIpc) is 2.98. The Morgan fingerprint density at radius 2 is 2.21 bits per heavy atom. The Morgan fingerprint density at radius 3 is 2.88 bits per heavy atom. The van der Waals surface area contributed by atoms with Gasteiger partial charge in [0.1, 0.15) is 5.75 Å². The van der Waals surface area contributed by atoms with E-state index in [2.05, 4.69) is 20.8 Å². The zero-order chi connectivity index (χ0) is 17.7. The Morgan fingerprint density at radius 1 is 1.46 bits per heavy atom. The molecule has 1 heterocycles. The van der Waals surface area contributed by atoms with Crippen LogP contribution in [0.5, 0.6) is 5.75 Å². The number of aromatic nitrogens is 2. The second kappa shape index (κ2) is 8.55. The summed E-state index contributed by atoms with van der Waals surface area (Å²) >= 11 is 8.88. The maximum Gasteiger partial charge on any atom is 0.237 e. The van der Waals surface area contributed by atoms with Crippen molar-refractivity contribution in [1.82, 2.24) is 10.2 Å². The highest BCUT2D eigenvalue weighted by molar-refractivity contribution is 8.02. The number of ether oxygens (including phenoxy) is 1. The third-order valence-corrected chi connectivity index (χ3v) is 5.59. The molecule has 0 saturated carbocycles. The molecule has 1 aromatic carbocycles. The molecule has 0 aliphatic heterocycles. The number of anilines is 2. The minimum absolute atomic E-state index is 0.139. The van der Waals surface area contributed by atoms with Crippen molar-refractivity contribution in [1.29, 1.82) is 0 Å². The van der Waals surface area contributed by atoms with E-state index in [9.17, 15) is 4.79 Å². The van der Waals surface area contributed by atoms with Crippen molar-refractivity contribution in [2.24, 2.45) is 0 Å². The molecule has 1 amide bonds. The van der Waals surface area contributed by atoms with Gasteiger partial charge in [0, 0.05) is 17.6 Å². The second-order valence-electron chi connectivity index (χ2n) is 4.95. The van der Waals surface area contributed by atoms with Crippen LogP contribution in [0.25, 0.3) is 0 Å². The minimum atomic E-state index is -0.326. The summed E-state index contributed by atoms with van der Waals surface area (Å²) in [5, 5.41) is 15.1. The minimum Gasteiger partial charge on any atom is -0.495 e. The summed E-state index contributed by atoms with van der Waals surface area (Å²) in [6.07, 6.45) is 0. The van der Waals surface area contributed by atoms with Gasteiger partial charge in [-0.05, 0) is 32.4 Å². The SMILES string of the molecule is CCNc1nnc(SC(C)C(=O)Nc2cc(C)c(Cl)cc2OC)s1. The number of rotatable bonds is 7. The summed E-state index contributed by atoms with van der Waals surface area (Å²) in [6.45, 7) is 6.47. The van der Waals surface area contributed by atoms with E-state index in [4.69, 9.17) is 16.3 Å². The average molecular weight is 387 g/mol. The lowest BCUT2D eigenvalue weighted by molar-refractivity contribution is -0.115. The third-order valence-electron chi connectivity index (χ3n) is 3.12. The van der Waals surface area contributed by atoms with Gasteiger partial charge in [0.15, 0.2) is 4.34 Å². The molecule has 0 fully saturated rings. The molecule has 24 heavy (non-hydrogen) atoms. The summed E-state index contributed by atoms with van der Waals surface area (Å²) in [6, 6.07) is 3.49. The van der Waals surface area contributed by atoms with Crippen LogP contribution in [0.1, 0.15) is 19.4 Å².